The van der Waals surface area contributed by atoms with Crippen LogP contribution in [0.4, 0.5) is 14.9 Å². The van der Waals surface area contributed by atoms with Gasteiger partial charge in [0.25, 0.3) is 0 Å². The summed E-state index contributed by atoms with van der Waals surface area (Å²) in [5.41, 5.74) is 4.77. The fourth-order valence-electron chi connectivity index (χ4n) is 3.34. The van der Waals surface area contributed by atoms with Crippen molar-refractivity contribution >= 4 is 11.8 Å². The molecule has 1 aliphatic rings. The Balaban J connectivity index is 1.49. The second kappa shape index (κ2) is 6.52. The largest absolute Gasteiger partial charge is 0.505 e. The number of fused-ring (bicyclic) bond motifs is 3. The van der Waals surface area contributed by atoms with Crippen molar-refractivity contribution in [3.63, 3.8) is 0 Å². The molecule has 0 saturated heterocycles. The van der Waals surface area contributed by atoms with Crippen LogP contribution in [0, 0.1) is 5.82 Å². The lowest BCUT2D eigenvalue weighted by molar-refractivity contribution is 0.158. The van der Waals surface area contributed by atoms with Crippen LogP contribution in [0.3, 0.4) is 0 Å². The van der Waals surface area contributed by atoms with Crippen molar-refractivity contribution in [1.82, 2.24) is 0 Å². The number of ether oxygens (including phenoxy) is 1. The van der Waals surface area contributed by atoms with E-state index in [0.29, 0.717) is 0 Å². The number of anilines is 1. The van der Waals surface area contributed by atoms with Gasteiger partial charge in [0, 0.05) is 17.7 Å². The number of halogens is 1. The summed E-state index contributed by atoms with van der Waals surface area (Å²) in [6.45, 7) is 0.181. The minimum Gasteiger partial charge on any atom is -0.505 e. The van der Waals surface area contributed by atoms with Crippen molar-refractivity contribution < 1.29 is 19.0 Å². The molecular formula is C21H16FNO3. The number of carbonyl (C=O) groups excluding carboxylic acids is 1. The number of aromatic hydroxyl groups is 1. The van der Waals surface area contributed by atoms with Crippen molar-refractivity contribution in [3.8, 4) is 16.9 Å². The van der Waals surface area contributed by atoms with Crippen LogP contribution in [-0.2, 0) is 4.74 Å². The third-order valence-electron chi connectivity index (χ3n) is 4.54. The SMILES string of the molecule is O=C(Nc1ccc(O)c(F)c1)OCC1c2ccccc2-c2ccccc21. The lowest BCUT2D eigenvalue weighted by Gasteiger charge is -2.14. The third-order valence-corrected chi connectivity index (χ3v) is 4.54. The molecule has 0 bridgehead atoms. The number of carbonyl (C=O) groups is 1. The zero-order chi connectivity index (χ0) is 18.1. The third kappa shape index (κ3) is 2.88. The van der Waals surface area contributed by atoms with Gasteiger partial charge in [0.15, 0.2) is 11.6 Å². The van der Waals surface area contributed by atoms with Crippen molar-refractivity contribution in [1.29, 1.82) is 0 Å². The van der Waals surface area contributed by atoms with E-state index in [1.807, 2.05) is 36.4 Å². The molecule has 3 aromatic carbocycles. The molecule has 5 heteroatoms. The van der Waals surface area contributed by atoms with E-state index < -0.39 is 17.7 Å². The van der Waals surface area contributed by atoms with Gasteiger partial charge >= 0.3 is 6.09 Å². The van der Waals surface area contributed by atoms with E-state index in [9.17, 15) is 14.3 Å². The molecule has 0 heterocycles. The summed E-state index contributed by atoms with van der Waals surface area (Å²) in [6.07, 6.45) is -0.669. The molecular weight excluding hydrogens is 333 g/mol. The average Bonchev–Trinajstić information content (AvgIpc) is 2.97. The van der Waals surface area contributed by atoms with Gasteiger partial charge in [-0.15, -0.1) is 0 Å². The van der Waals surface area contributed by atoms with Gasteiger partial charge in [0.05, 0.1) is 0 Å². The summed E-state index contributed by atoms with van der Waals surface area (Å²) >= 11 is 0. The lowest BCUT2D eigenvalue weighted by atomic mass is 9.98. The Morgan fingerprint density at radius 2 is 1.62 bits per heavy atom. The van der Waals surface area contributed by atoms with Gasteiger partial charge in [-0.1, -0.05) is 48.5 Å². The molecule has 130 valence electrons. The quantitative estimate of drug-likeness (QED) is 0.662. The van der Waals surface area contributed by atoms with Gasteiger partial charge < -0.3 is 9.84 Å². The molecule has 1 amide bonds. The first-order valence-corrected chi connectivity index (χ1v) is 8.24. The summed E-state index contributed by atoms with van der Waals surface area (Å²) in [7, 11) is 0. The van der Waals surface area contributed by atoms with Crippen LogP contribution in [0.25, 0.3) is 11.1 Å². The van der Waals surface area contributed by atoms with Gasteiger partial charge in [0.2, 0.25) is 0 Å². The van der Waals surface area contributed by atoms with Crippen LogP contribution in [-0.4, -0.2) is 17.8 Å². The Bertz CT molecular complexity index is 941. The predicted molar refractivity (Wildman–Crippen MR) is 96.8 cm³/mol. The van der Waals surface area contributed by atoms with Gasteiger partial charge in [-0.2, -0.15) is 0 Å². The lowest BCUT2D eigenvalue weighted by Crippen LogP contribution is -2.17. The number of nitrogens with one attached hydrogen (secondary N) is 1. The van der Waals surface area contributed by atoms with E-state index >= 15 is 0 Å². The van der Waals surface area contributed by atoms with Crippen LogP contribution in [0.15, 0.2) is 66.7 Å². The number of benzene rings is 3. The highest BCUT2D eigenvalue weighted by Crippen LogP contribution is 2.44. The fraction of sp³-hybridized carbons (Fsp3) is 0.0952. The average molecular weight is 349 g/mol. The molecule has 0 saturated carbocycles. The first-order chi connectivity index (χ1) is 12.6. The molecule has 26 heavy (non-hydrogen) atoms. The first-order valence-electron chi connectivity index (χ1n) is 8.24. The Hall–Kier alpha value is -3.34. The molecule has 0 aromatic heterocycles. The van der Waals surface area contributed by atoms with Crippen molar-refractivity contribution in [2.45, 2.75) is 5.92 Å². The van der Waals surface area contributed by atoms with Crippen molar-refractivity contribution in [2.75, 3.05) is 11.9 Å². The van der Waals surface area contributed by atoms with E-state index in [-0.39, 0.29) is 18.2 Å². The molecule has 0 radical (unpaired) electrons. The first kappa shape index (κ1) is 16.1. The van der Waals surface area contributed by atoms with Crippen molar-refractivity contribution in [2.24, 2.45) is 0 Å². The van der Waals surface area contributed by atoms with Crippen LogP contribution in [0.1, 0.15) is 17.0 Å². The maximum atomic E-state index is 13.3. The second-order valence-electron chi connectivity index (χ2n) is 6.12. The molecule has 4 nitrogen and oxygen atoms in total. The van der Waals surface area contributed by atoms with E-state index in [2.05, 4.69) is 17.4 Å². The molecule has 0 spiro atoms. The zero-order valence-corrected chi connectivity index (χ0v) is 13.8. The fourth-order valence-corrected chi connectivity index (χ4v) is 3.34. The summed E-state index contributed by atoms with van der Waals surface area (Å²) in [5.74, 6) is -1.31. The molecule has 1 aliphatic carbocycles. The Labute approximate surface area is 149 Å². The highest BCUT2D eigenvalue weighted by atomic mass is 19.1. The number of amides is 1. The summed E-state index contributed by atoms with van der Waals surface area (Å²) in [6, 6.07) is 19.7. The zero-order valence-electron chi connectivity index (χ0n) is 13.8. The monoisotopic (exact) mass is 349 g/mol. The number of hydrogen-bond acceptors (Lipinski definition) is 3. The molecule has 4 rings (SSSR count). The summed E-state index contributed by atoms with van der Waals surface area (Å²) in [5, 5.41) is 11.7. The Morgan fingerprint density at radius 3 is 2.23 bits per heavy atom. The topological polar surface area (TPSA) is 58.6 Å². The van der Waals surface area contributed by atoms with E-state index in [1.165, 1.54) is 12.1 Å². The highest BCUT2D eigenvalue weighted by molar-refractivity contribution is 5.85. The van der Waals surface area contributed by atoms with Crippen LogP contribution < -0.4 is 5.32 Å². The molecule has 3 aromatic rings. The standard InChI is InChI=1S/C21H16FNO3/c22-19-11-13(9-10-20(19)24)23-21(25)26-12-18-16-7-3-1-5-14(16)15-6-2-4-8-17(15)18/h1-11,18,24H,12H2,(H,23,25). The summed E-state index contributed by atoms with van der Waals surface area (Å²) < 4.78 is 18.7. The number of hydrogen-bond donors (Lipinski definition) is 2. The number of phenols is 1. The van der Waals surface area contributed by atoms with Crippen LogP contribution in [0.5, 0.6) is 5.75 Å². The number of rotatable bonds is 3. The van der Waals surface area contributed by atoms with Gasteiger partial charge in [-0.05, 0) is 34.4 Å². The Kier molecular flexibility index (Phi) is 4.05. The maximum absolute atomic E-state index is 13.3. The van der Waals surface area contributed by atoms with E-state index in [1.54, 1.807) is 0 Å². The van der Waals surface area contributed by atoms with E-state index in [0.717, 1.165) is 28.3 Å². The van der Waals surface area contributed by atoms with Crippen molar-refractivity contribution in [3.05, 3.63) is 83.7 Å². The molecule has 0 aliphatic heterocycles. The number of phenolic OH excluding ortho intramolecular Hbond substituents is 1. The predicted octanol–water partition coefficient (Wildman–Crippen LogP) is 4.89. The molecule has 0 unspecified atom stereocenters. The Morgan fingerprint density at radius 1 is 1.00 bits per heavy atom. The smallest absolute Gasteiger partial charge is 0.411 e. The van der Waals surface area contributed by atoms with Crippen LogP contribution >= 0.6 is 0 Å². The summed E-state index contributed by atoms with van der Waals surface area (Å²) in [4.78, 5) is 12.1. The highest BCUT2D eigenvalue weighted by Gasteiger charge is 2.28. The second-order valence-corrected chi connectivity index (χ2v) is 6.12. The minimum atomic E-state index is -0.804. The van der Waals surface area contributed by atoms with E-state index in [4.69, 9.17) is 4.74 Å². The van der Waals surface area contributed by atoms with Crippen LogP contribution in [0.2, 0.25) is 0 Å². The normalized spacial score (nSPS) is 12.3. The van der Waals surface area contributed by atoms with Gasteiger partial charge in [0.1, 0.15) is 6.61 Å². The molecule has 0 atom stereocenters. The van der Waals surface area contributed by atoms with Gasteiger partial charge in [-0.25, -0.2) is 9.18 Å². The molecule has 0 fully saturated rings. The molecule has 2 N–H and O–H groups in total. The van der Waals surface area contributed by atoms with Gasteiger partial charge in [-0.3, -0.25) is 5.32 Å². The minimum absolute atomic E-state index is 0.0373. The maximum Gasteiger partial charge on any atom is 0.411 e.